The molecular formula is C8H18O2S. The molecule has 0 atom stereocenters. The maximum absolute atomic E-state index is 8.99. The first kappa shape index (κ1) is 11.3. The molecule has 0 unspecified atom stereocenters. The molecule has 0 saturated heterocycles. The van der Waals surface area contributed by atoms with Gasteiger partial charge in [-0.05, 0) is 6.42 Å². The van der Waals surface area contributed by atoms with E-state index in [1.807, 2.05) is 0 Å². The van der Waals surface area contributed by atoms with Crippen LogP contribution in [0, 0.1) is 5.41 Å². The molecule has 0 aliphatic rings. The highest BCUT2D eigenvalue weighted by Gasteiger charge is 2.25. The van der Waals surface area contributed by atoms with Crippen molar-refractivity contribution in [2.75, 3.05) is 19.0 Å². The lowest BCUT2D eigenvalue weighted by Crippen LogP contribution is -2.31. The Bertz CT molecular complexity index is 83.8. The maximum Gasteiger partial charge on any atom is 0.0517 e. The van der Waals surface area contributed by atoms with Crippen LogP contribution in [0.4, 0.5) is 0 Å². The zero-order valence-electron chi connectivity index (χ0n) is 7.08. The molecule has 0 aromatic carbocycles. The van der Waals surface area contributed by atoms with Crippen molar-refractivity contribution in [3.8, 4) is 0 Å². The largest absolute Gasteiger partial charge is 0.396 e. The Morgan fingerprint density at radius 1 is 1.27 bits per heavy atom. The maximum atomic E-state index is 8.99. The van der Waals surface area contributed by atoms with Crippen molar-refractivity contribution in [2.24, 2.45) is 5.41 Å². The third-order valence-corrected chi connectivity index (χ3v) is 2.74. The van der Waals surface area contributed by atoms with Crippen molar-refractivity contribution >= 4 is 12.6 Å². The van der Waals surface area contributed by atoms with Gasteiger partial charge in [-0.25, -0.2) is 0 Å². The number of unbranched alkanes of at least 4 members (excludes halogenated alkanes) is 1. The first-order valence-electron chi connectivity index (χ1n) is 4.07. The zero-order chi connectivity index (χ0) is 8.74. The molecule has 0 heterocycles. The van der Waals surface area contributed by atoms with E-state index in [1.165, 1.54) is 0 Å². The molecule has 0 aliphatic heterocycles. The van der Waals surface area contributed by atoms with Crippen molar-refractivity contribution in [2.45, 2.75) is 26.2 Å². The molecular weight excluding hydrogens is 160 g/mol. The Kier molecular flexibility index (Phi) is 6.01. The number of hydrogen-bond donors (Lipinski definition) is 3. The number of thiol groups is 1. The number of aliphatic hydroxyl groups excluding tert-OH is 2. The van der Waals surface area contributed by atoms with Crippen LogP contribution in [-0.4, -0.2) is 29.2 Å². The Balaban J connectivity index is 3.84. The van der Waals surface area contributed by atoms with Crippen molar-refractivity contribution in [3.63, 3.8) is 0 Å². The molecule has 0 aromatic heterocycles. The molecule has 0 saturated carbocycles. The lowest BCUT2D eigenvalue weighted by atomic mass is 9.86. The summed E-state index contributed by atoms with van der Waals surface area (Å²) >= 11 is 4.11. The van der Waals surface area contributed by atoms with Crippen LogP contribution >= 0.6 is 12.6 Å². The van der Waals surface area contributed by atoms with E-state index in [4.69, 9.17) is 10.2 Å². The Hall–Kier alpha value is 0.270. The summed E-state index contributed by atoms with van der Waals surface area (Å²) in [5.41, 5.74) is -0.348. The number of hydrogen-bond acceptors (Lipinski definition) is 3. The van der Waals surface area contributed by atoms with Gasteiger partial charge in [-0.1, -0.05) is 19.8 Å². The standard InChI is InChI=1S/C8H18O2S/c1-2-3-4-8(5-9,6-10)7-11/h9-11H,2-7H2,1H3. The second-order valence-electron chi connectivity index (χ2n) is 3.08. The van der Waals surface area contributed by atoms with E-state index in [0.29, 0.717) is 5.75 Å². The van der Waals surface area contributed by atoms with Gasteiger partial charge in [-0.2, -0.15) is 12.6 Å². The van der Waals surface area contributed by atoms with Gasteiger partial charge in [-0.15, -0.1) is 0 Å². The second-order valence-corrected chi connectivity index (χ2v) is 3.39. The molecule has 0 bridgehead atoms. The lowest BCUT2D eigenvalue weighted by molar-refractivity contribution is 0.0653. The summed E-state index contributed by atoms with van der Waals surface area (Å²) in [7, 11) is 0. The van der Waals surface area contributed by atoms with Gasteiger partial charge in [0.15, 0.2) is 0 Å². The van der Waals surface area contributed by atoms with Crippen molar-refractivity contribution < 1.29 is 10.2 Å². The Morgan fingerprint density at radius 3 is 2.09 bits per heavy atom. The van der Waals surface area contributed by atoms with E-state index in [9.17, 15) is 0 Å². The van der Waals surface area contributed by atoms with Gasteiger partial charge in [0, 0.05) is 11.2 Å². The van der Waals surface area contributed by atoms with E-state index >= 15 is 0 Å². The monoisotopic (exact) mass is 178 g/mol. The fourth-order valence-corrected chi connectivity index (χ4v) is 1.30. The Morgan fingerprint density at radius 2 is 1.82 bits per heavy atom. The third-order valence-electron chi connectivity index (χ3n) is 2.07. The highest BCUT2D eigenvalue weighted by Crippen LogP contribution is 2.24. The number of aliphatic hydroxyl groups is 2. The van der Waals surface area contributed by atoms with E-state index in [1.54, 1.807) is 0 Å². The van der Waals surface area contributed by atoms with Crippen molar-refractivity contribution in [1.82, 2.24) is 0 Å². The summed E-state index contributed by atoms with van der Waals surface area (Å²) < 4.78 is 0. The van der Waals surface area contributed by atoms with Crippen LogP contribution in [0.3, 0.4) is 0 Å². The SMILES string of the molecule is CCCCC(CO)(CO)CS. The molecule has 0 radical (unpaired) electrons. The van der Waals surface area contributed by atoms with Crippen LogP contribution < -0.4 is 0 Å². The van der Waals surface area contributed by atoms with Crippen LogP contribution in [0.15, 0.2) is 0 Å². The predicted octanol–water partition coefficient (Wildman–Crippen LogP) is 1.08. The average molecular weight is 178 g/mol. The van der Waals surface area contributed by atoms with Gasteiger partial charge in [0.2, 0.25) is 0 Å². The van der Waals surface area contributed by atoms with Crippen LogP contribution in [0.25, 0.3) is 0 Å². The molecule has 2 N–H and O–H groups in total. The molecule has 0 aromatic rings. The summed E-state index contributed by atoms with van der Waals surface area (Å²) in [6, 6.07) is 0. The third kappa shape index (κ3) is 3.45. The normalized spacial score (nSPS) is 12.0. The summed E-state index contributed by atoms with van der Waals surface area (Å²) in [5.74, 6) is 0.556. The summed E-state index contributed by atoms with van der Waals surface area (Å²) in [4.78, 5) is 0. The Labute approximate surface area is 74.0 Å². The molecule has 0 amide bonds. The minimum Gasteiger partial charge on any atom is -0.396 e. The zero-order valence-corrected chi connectivity index (χ0v) is 7.98. The summed E-state index contributed by atoms with van der Waals surface area (Å²) in [6.45, 7) is 2.16. The van der Waals surface area contributed by atoms with Gasteiger partial charge in [0.25, 0.3) is 0 Å². The molecule has 0 fully saturated rings. The fraction of sp³-hybridized carbons (Fsp3) is 1.00. The second kappa shape index (κ2) is 5.86. The lowest BCUT2D eigenvalue weighted by Gasteiger charge is -2.27. The highest BCUT2D eigenvalue weighted by atomic mass is 32.1. The summed E-state index contributed by atoms with van der Waals surface area (Å²) in [5, 5.41) is 18.0. The van der Waals surface area contributed by atoms with Crippen LogP contribution in [0.1, 0.15) is 26.2 Å². The van der Waals surface area contributed by atoms with Gasteiger partial charge in [0.05, 0.1) is 13.2 Å². The van der Waals surface area contributed by atoms with E-state index < -0.39 is 0 Å². The van der Waals surface area contributed by atoms with Gasteiger partial charge in [-0.3, -0.25) is 0 Å². The quantitative estimate of drug-likeness (QED) is 0.533. The van der Waals surface area contributed by atoms with E-state index in [-0.39, 0.29) is 18.6 Å². The molecule has 68 valence electrons. The first-order valence-corrected chi connectivity index (χ1v) is 4.70. The van der Waals surface area contributed by atoms with Crippen molar-refractivity contribution in [3.05, 3.63) is 0 Å². The predicted molar refractivity (Wildman–Crippen MR) is 50.0 cm³/mol. The molecule has 0 rings (SSSR count). The fourth-order valence-electron chi connectivity index (χ4n) is 0.939. The molecule has 0 spiro atoms. The molecule has 2 nitrogen and oxygen atoms in total. The average Bonchev–Trinajstić information content (AvgIpc) is 2.08. The van der Waals surface area contributed by atoms with Gasteiger partial charge in [0.1, 0.15) is 0 Å². The highest BCUT2D eigenvalue weighted by molar-refractivity contribution is 7.80. The summed E-state index contributed by atoms with van der Waals surface area (Å²) in [6.07, 6.45) is 3.00. The molecule has 0 aliphatic carbocycles. The molecule has 11 heavy (non-hydrogen) atoms. The van der Waals surface area contributed by atoms with Gasteiger partial charge >= 0.3 is 0 Å². The van der Waals surface area contributed by atoms with Crippen LogP contribution in [-0.2, 0) is 0 Å². The first-order chi connectivity index (χ1) is 5.24. The minimum absolute atomic E-state index is 0.0347. The topological polar surface area (TPSA) is 40.5 Å². The van der Waals surface area contributed by atoms with Crippen molar-refractivity contribution in [1.29, 1.82) is 0 Å². The van der Waals surface area contributed by atoms with E-state index in [2.05, 4.69) is 19.6 Å². The number of rotatable bonds is 6. The van der Waals surface area contributed by atoms with Crippen LogP contribution in [0.5, 0.6) is 0 Å². The van der Waals surface area contributed by atoms with Crippen LogP contribution in [0.2, 0.25) is 0 Å². The van der Waals surface area contributed by atoms with Gasteiger partial charge < -0.3 is 10.2 Å². The smallest absolute Gasteiger partial charge is 0.0517 e. The minimum atomic E-state index is -0.348. The molecule has 3 heteroatoms. The van der Waals surface area contributed by atoms with E-state index in [0.717, 1.165) is 19.3 Å².